The molecule has 0 aliphatic carbocycles. The van der Waals surface area contributed by atoms with Crippen molar-refractivity contribution in [2.75, 3.05) is 25.4 Å². The van der Waals surface area contributed by atoms with Crippen molar-refractivity contribution in [3.8, 4) is 0 Å². The Bertz CT molecular complexity index is 580. The van der Waals surface area contributed by atoms with Crippen molar-refractivity contribution in [2.24, 2.45) is 0 Å². The van der Waals surface area contributed by atoms with Gasteiger partial charge in [0.2, 0.25) is 5.91 Å². The number of thioether (sulfide) groups is 1. The fraction of sp³-hybridized carbons (Fsp3) is 0.429. The summed E-state index contributed by atoms with van der Waals surface area (Å²) in [5.41, 5.74) is 1.02. The molecule has 1 amide bonds. The maximum absolute atomic E-state index is 12.3. The minimum Gasteiger partial charge on any atom is -0.337 e. The molecule has 1 aromatic heterocycles. The first-order valence-electron chi connectivity index (χ1n) is 6.72. The van der Waals surface area contributed by atoms with Gasteiger partial charge in [0.25, 0.3) is 0 Å². The highest BCUT2D eigenvalue weighted by Crippen LogP contribution is 2.29. The van der Waals surface area contributed by atoms with Crippen molar-refractivity contribution in [3.05, 3.63) is 24.3 Å². The van der Waals surface area contributed by atoms with Gasteiger partial charge in [0.15, 0.2) is 4.34 Å². The predicted molar refractivity (Wildman–Crippen MR) is 84.4 cm³/mol. The van der Waals surface area contributed by atoms with E-state index in [0.717, 1.165) is 29.5 Å². The Morgan fingerprint density at radius 2 is 2.40 bits per heavy atom. The van der Waals surface area contributed by atoms with Crippen molar-refractivity contribution < 1.29 is 4.79 Å². The molecule has 1 N–H and O–H groups in total. The van der Waals surface area contributed by atoms with Gasteiger partial charge in [0.05, 0.1) is 16.0 Å². The third kappa shape index (κ3) is 2.97. The molecule has 2 heterocycles. The number of hydrogen-bond donors (Lipinski definition) is 1. The maximum atomic E-state index is 12.3. The Morgan fingerprint density at radius 1 is 1.55 bits per heavy atom. The van der Waals surface area contributed by atoms with E-state index in [2.05, 4.69) is 23.3 Å². The monoisotopic (exact) mass is 307 g/mol. The van der Waals surface area contributed by atoms with Crippen molar-refractivity contribution in [1.29, 1.82) is 0 Å². The van der Waals surface area contributed by atoms with Crippen LogP contribution in [0.25, 0.3) is 10.2 Å². The van der Waals surface area contributed by atoms with Gasteiger partial charge in [-0.15, -0.1) is 11.3 Å². The lowest BCUT2D eigenvalue weighted by Gasteiger charge is -2.33. The molecule has 0 bridgehead atoms. The summed E-state index contributed by atoms with van der Waals surface area (Å²) in [5.74, 6) is 0.688. The Kier molecular flexibility index (Phi) is 4.24. The van der Waals surface area contributed by atoms with Crippen LogP contribution < -0.4 is 5.32 Å². The van der Waals surface area contributed by atoms with Gasteiger partial charge in [0.1, 0.15) is 0 Å². The Hall–Kier alpha value is -1.11. The molecule has 2 aromatic rings. The summed E-state index contributed by atoms with van der Waals surface area (Å²) >= 11 is 3.20. The second-order valence-electron chi connectivity index (χ2n) is 4.88. The van der Waals surface area contributed by atoms with Crippen LogP contribution in [-0.4, -0.2) is 47.2 Å². The van der Waals surface area contributed by atoms with Crippen LogP contribution in [0, 0.1) is 0 Å². The second kappa shape index (κ2) is 6.11. The van der Waals surface area contributed by atoms with Crippen molar-refractivity contribution in [1.82, 2.24) is 15.2 Å². The number of nitrogens with zero attached hydrogens (tertiary/aromatic N) is 2. The molecule has 20 heavy (non-hydrogen) atoms. The number of fused-ring (bicyclic) bond motifs is 1. The van der Waals surface area contributed by atoms with Crippen molar-refractivity contribution >= 4 is 39.2 Å². The third-order valence-electron chi connectivity index (χ3n) is 3.42. The number of thiazole rings is 1. The van der Waals surface area contributed by atoms with Gasteiger partial charge in [-0.25, -0.2) is 4.98 Å². The molecule has 6 heteroatoms. The van der Waals surface area contributed by atoms with Gasteiger partial charge in [0, 0.05) is 25.7 Å². The lowest BCUT2D eigenvalue weighted by atomic mass is 10.2. The molecular formula is C14H17N3OS2. The van der Waals surface area contributed by atoms with Crippen LogP contribution in [0.3, 0.4) is 0 Å². The van der Waals surface area contributed by atoms with E-state index in [4.69, 9.17) is 0 Å². The highest BCUT2D eigenvalue weighted by Gasteiger charge is 2.23. The Labute approximate surface area is 126 Å². The fourth-order valence-electron chi connectivity index (χ4n) is 2.33. The number of piperazine rings is 1. The summed E-state index contributed by atoms with van der Waals surface area (Å²) in [7, 11) is 0. The van der Waals surface area contributed by atoms with Crippen LogP contribution in [0.5, 0.6) is 0 Å². The number of carbonyl (C=O) groups is 1. The van der Waals surface area contributed by atoms with Crippen LogP contribution in [0.2, 0.25) is 0 Å². The Balaban J connectivity index is 1.62. The molecule has 4 nitrogen and oxygen atoms in total. The third-order valence-corrected chi connectivity index (χ3v) is 5.58. The highest BCUT2D eigenvalue weighted by atomic mass is 32.2. The molecule has 1 aliphatic rings. The maximum Gasteiger partial charge on any atom is 0.233 e. The van der Waals surface area contributed by atoms with E-state index in [0.29, 0.717) is 5.75 Å². The first kappa shape index (κ1) is 13.9. The minimum absolute atomic E-state index is 0.211. The smallest absolute Gasteiger partial charge is 0.233 e. The molecular weight excluding hydrogens is 290 g/mol. The summed E-state index contributed by atoms with van der Waals surface area (Å²) in [6, 6.07) is 8.37. The topological polar surface area (TPSA) is 45.2 Å². The number of rotatable bonds is 3. The number of nitrogens with one attached hydrogen (secondary N) is 1. The zero-order valence-electron chi connectivity index (χ0n) is 11.3. The average Bonchev–Trinajstić information content (AvgIpc) is 2.88. The van der Waals surface area contributed by atoms with E-state index in [1.165, 1.54) is 4.70 Å². The summed E-state index contributed by atoms with van der Waals surface area (Å²) in [4.78, 5) is 18.8. The number of benzene rings is 1. The molecule has 0 radical (unpaired) electrons. The van der Waals surface area contributed by atoms with Gasteiger partial charge in [-0.05, 0) is 19.1 Å². The number of carbonyl (C=O) groups excluding carboxylic acids is 1. The first-order valence-corrected chi connectivity index (χ1v) is 8.53. The summed E-state index contributed by atoms with van der Waals surface area (Å²) in [5, 5.41) is 3.30. The minimum atomic E-state index is 0.211. The lowest BCUT2D eigenvalue weighted by molar-refractivity contribution is -0.131. The largest absolute Gasteiger partial charge is 0.337 e. The van der Waals surface area contributed by atoms with Gasteiger partial charge in [-0.1, -0.05) is 23.9 Å². The van der Waals surface area contributed by atoms with Crippen LogP contribution in [-0.2, 0) is 4.79 Å². The van der Waals surface area contributed by atoms with Crippen LogP contribution in [0.4, 0.5) is 0 Å². The van der Waals surface area contributed by atoms with Crippen molar-refractivity contribution in [2.45, 2.75) is 17.3 Å². The number of para-hydroxylation sites is 1. The zero-order chi connectivity index (χ0) is 13.9. The second-order valence-corrected chi connectivity index (χ2v) is 7.13. The molecule has 1 saturated heterocycles. The summed E-state index contributed by atoms with van der Waals surface area (Å²) < 4.78 is 2.15. The number of amides is 1. The van der Waals surface area contributed by atoms with Crippen LogP contribution in [0.1, 0.15) is 6.92 Å². The molecule has 0 spiro atoms. The Morgan fingerprint density at radius 3 is 3.20 bits per heavy atom. The summed E-state index contributed by atoms with van der Waals surface area (Å²) in [6.07, 6.45) is 0. The predicted octanol–water partition coefficient (Wildman–Crippen LogP) is 2.21. The molecule has 1 aliphatic heterocycles. The molecule has 106 valence electrons. The quantitative estimate of drug-likeness (QED) is 0.883. The van der Waals surface area contributed by atoms with E-state index in [1.807, 2.05) is 23.1 Å². The van der Waals surface area contributed by atoms with Crippen LogP contribution >= 0.6 is 23.1 Å². The fourth-order valence-corrected chi connectivity index (χ4v) is 4.29. The van der Waals surface area contributed by atoms with Crippen molar-refractivity contribution in [3.63, 3.8) is 0 Å². The van der Waals surface area contributed by atoms with Crippen LogP contribution in [0.15, 0.2) is 28.6 Å². The van der Waals surface area contributed by atoms with E-state index >= 15 is 0 Å². The molecule has 1 atom stereocenters. The highest BCUT2D eigenvalue weighted by molar-refractivity contribution is 8.01. The SMILES string of the molecule is CC1CNCCN1C(=O)CSc1nc2ccccc2s1. The average molecular weight is 307 g/mol. The van der Waals surface area contributed by atoms with E-state index in [-0.39, 0.29) is 11.9 Å². The van der Waals surface area contributed by atoms with E-state index in [9.17, 15) is 4.79 Å². The number of hydrogen-bond acceptors (Lipinski definition) is 5. The number of aromatic nitrogens is 1. The summed E-state index contributed by atoms with van der Waals surface area (Å²) in [6.45, 7) is 4.67. The molecule has 1 unspecified atom stereocenters. The van der Waals surface area contributed by atoms with Gasteiger partial charge >= 0.3 is 0 Å². The molecule has 1 fully saturated rings. The van der Waals surface area contributed by atoms with E-state index < -0.39 is 0 Å². The first-order chi connectivity index (χ1) is 9.74. The zero-order valence-corrected chi connectivity index (χ0v) is 13.0. The molecule has 0 saturated carbocycles. The van der Waals surface area contributed by atoms with E-state index in [1.54, 1.807) is 23.1 Å². The van der Waals surface area contributed by atoms with Gasteiger partial charge in [-0.3, -0.25) is 4.79 Å². The lowest BCUT2D eigenvalue weighted by Crippen LogP contribution is -2.52. The van der Waals surface area contributed by atoms with Gasteiger partial charge in [-0.2, -0.15) is 0 Å². The standard InChI is InChI=1S/C14H17N3OS2/c1-10-8-15-6-7-17(10)13(18)9-19-14-16-11-4-2-3-5-12(11)20-14/h2-5,10,15H,6-9H2,1H3. The van der Waals surface area contributed by atoms with Gasteiger partial charge < -0.3 is 10.2 Å². The normalized spacial score (nSPS) is 19.4. The molecule has 1 aromatic carbocycles. The molecule has 3 rings (SSSR count).